The van der Waals surface area contributed by atoms with Crippen LogP contribution in [0.15, 0.2) is 30.3 Å². The molecule has 0 N–H and O–H groups in total. The fourth-order valence-electron chi connectivity index (χ4n) is 0.753. The van der Waals surface area contributed by atoms with Gasteiger partial charge in [-0.2, -0.15) is 13.2 Å². The SMILES string of the molecule is O=[PH](c1ccccc1)C(F)(F)F. The number of rotatable bonds is 1. The topological polar surface area (TPSA) is 17.1 Å². The molecule has 1 atom stereocenters. The monoisotopic (exact) mass is 194 g/mol. The Balaban J connectivity index is 2.94. The molecule has 1 unspecified atom stereocenters. The van der Waals surface area contributed by atoms with Crippen molar-refractivity contribution >= 4 is 13.1 Å². The van der Waals surface area contributed by atoms with Gasteiger partial charge in [0, 0.05) is 5.30 Å². The van der Waals surface area contributed by atoms with Gasteiger partial charge in [-0.1, -0.05) is 30.3 Å². The second-order valence-corrected chi connectivity index (χ2v) is 4.00. The normalized spacial score (nSPS) is 14.2. The van der Waals surface area contributed by atoms with Crippen LogP contribution < -0.4 is 5.30 Å². The zero-order valence-corrected chi connectivity index (χ0v) is 6.93. The van der Waals surface area contributed by atoms with Crippen LogP contribution in [0.5, 0.6) is 0 Å². The second kappa shape index (κ2) is 3.31. The van der Waals surface area contributed by atoms with E-state index < -0.39 is 13.7 Å². The molecule has 0 bridgehead atoms. The molecule has 0 aliphatic heterocycles. The summed E-state index contributed by atoms with van der Waals surface area (Å²) >= 11 is 0. The van der Waals surface area contributed by atoms with Crippen LogP contribution in [0.1, 0.15) is 0 Å². The second-order valence-electron chi connectivity index (χ2n) is 2.19. The van der Waals surface area contributed by atoms with E-state index in [4.69, 9.17) is 0 Å². The Kier molecular flexibility index (Phi) is 2.58. The van der Waals surface area contributed by atoms with Crippen molar-refractivity contribution in [2.45, 2.75) is 5.92 Å². The van der Waals surface area contributed by atoms with E-state index in [0.717, 1.165) is 0 Å². The molecule has 1 aromatic carbocycles. The molecule has 0 saturated heterocycles. The van der Waals surface area contributed by atoms with E-state index in [2.05, 4.69) is 0 Å². The van der Waals surface area contributed by atoms with E-state index in [1.165, 1.54) is 24.3 Å². The fraction of sp³-hybridized carbons (Fsp3) is 0.143. The van der Waals surface area contributed by atoms with Gasteiger partial charge in [0.2, 0.25) is 7.80 Å². The molecule has 0 spiro atoms. The minimum atomic E-state index is -4.59. The molecular formula is C7H6F3OP. The van der Waals surface area contributed by atoms with Crippen molar-refractivity contribution < 1.29 is 17.7 Å². The molecule has 1 nitrogen and oxygen atoms in total. The first-order valence-electron chi connectivity index (χ1n) is 3.18. The largest absolute Gasteiger partial charge is 0.441 e. The Morgan fingerprint density at radius 1 is 1.08 bits per heavy atom. The van der Waals surface area contributed by atoms with Gasteiger partial charge in [0.25, 0.3) is 0 Å². The Morgan fingerprint density at radius 3 is 2.00 bits per heavy atom. The summed E-state index contributed by atoms with van der Waals surface area (Å²) in [6.45, 7) is 0. The van der Waals surface area contributed by atoms with Crippen LogP contribution >= 0.6 is 7.80 Å². The van der Waals surface area contributed by atoms with Crippen LogP contribution in [0.3, 0.4) is 0 Å². The van der Waals surface area contributed by atoms with E-state index in [-0.39, 0.29) is 5.30 Å². The quantitative estimate of drug-likeness (QED) is 0.627. The van der Waals surface area contributed by atoms with Crippen molar-refractivity contribution in [1.82, 2.24) is 0 Å². The van der Waals surface area contributed by atoms with Crippen molar-refractivity contribution in [2.24, 2.45) is 0 Å². The molecule has 0 saturated carbocycles. The third-order valence-corrected chi connectivity index (χ3v) is 2.67. The van der Waals surface area contributed by atoms with Gasteiger partial charge in [0.1, 0.15) is 0 Å². The first-order chi connectivity index (χ1) is 5.52. The summed E-state index contributed by atoms with van der Waals surface area (Å²) in [6, 6.07) is 6.88. The Labute approximate surface area is 68.0 Å². The summed E-state index contributed by atoms with van der Waals surface area (Å²) in [4.78, 5) is 0. The molecule has 0 aliphatic carbocycles. The lowest BCUT2D eigenvalue weighted by atomic mass is 10.4. The molecule has 5 heteroatoms. The molecule has 0 heterocycles. The molecule has 66 valence electrons. The van der Waals surface area contributed by atoms with Crippen LogP contribution in [0.4, 0.5) is 13.2 Å². The average Bonchev–Trinajstić information content (AvgIpc) is 2.03. The van der Waals surface area contributed by atoms with E-state index >= 15 is 0 Å². The highest BCUT2D eigenvalue weighted by atomic mass is 31.1. The summed E-state index contributed by atoms with van der Waals surface area (Å²) < 4.78 is 46.3. The van der Waals surface area contributed by atoms with E-state index in [0.29, 0.717) is 0 Å². The smallest absolute Gasteiger partial charge is 0.312 e. The standard InChI is InChI=1S/C7H6F3OP/c8-7(9,10)12(11)6-4-2-1-3-5-6/h1-5,12H. The Morgan fingerprint density at radius 2 is 1.58 bits per heavy atom. The fourth-order valence-corrected chi connectivity index (χ4v) is 1.58. The van der Waals surface area contributed by atoms with Gasteiger partial charge in [-0.05, 0) is 0 Å². The van der Waals surface area contributed by atoms with Gasteiger partial charge < -0.3 is 4.57 Å². The Bertz CT molecular complexity index is 280. The summed E-state index contributed by atoms with van der Waals surface area (Å²) in [5.41, 5.74) is 0. The van der Waals surface area contributed by atoms with Gasteiger partial charge in [-0.25, -0.2) is 0 Å². The molecule has 1 aromatic rings. The average molecular weight is 194 g/mol. The van der Waals surface area contributed by atoms with Crippen molar-refractivity contribution in [3.8, 4) is 0 Å². The summed E-state index contributed by atoms with van der Waals surface area (Å²) in [5, 5.41) is -0.144. The number of halogens is 3. The number of benzene rings is 1. The first-order valence-corrected chi connectivity index (χ1v) is 4.59. The van der Waals surface area contributed by atoms with Crippen molar-refractivity contribution in [3.05, 3.63) is 30.3 Å². The molecular weight excluding hydrogens is 188 g/mol. The number of hydrogen-bond donors (Lipinski definition) is 0. The van der Waals surface area contributed by atoms with Gasteiger partial charge >= 0.3 is 5.92 Å². The zero-order chi connectivity index (χ0) is 9.19. The van der Waals surface area contributed by atoms with Crippen LogP contribution in [-0.4, -0.2) is 5.92 Å². The minimum Gasteiger partial charge on any atom is -0.312 e. The van der Waals surface area contributed by atoms with Gasteiger partial charge in [-0.3, -0.25) is 0 Å². The molecule has 12 heavy (non-hydrogen) atoms. The Hall–Kier alpha value is -0.760. The van der Waals surface area contributed by atoms with Crippen LogP contribution in [0.25, 0.3) is 0 Å². The molecule has 0 aromatic heterocycles. The third-order valence-electron chi connectivity index (χ3n) is 1.29. The predicted octanol–water partition coefficient (Wildman–Crippen LogP) is 2.39. The highest BCUT2D eigenvalue weighted by Crippen LogP contribution is 2.41. The highest BCUT2D eigenvalue weighted by Gasteiger charge is 2.36. The first kappa shape index (κ1) is 9.33. The molecule has 0 fully saturated rings. The van der Waals surface area contributed by atoms with Crippen LogP contribution in [0, 0.1) is 0 Å². The van der Waals surface area contributed by atoms with Gasteiger partial charge in [-0.15, -0.1) is 0 Å². The highest BCUT2D eigenvalue weighted by molar-refractivity contribution is 7.54. The molecule has 0 aliphatic rings. The van der Waals surface area contributed by atoms with E-state index in [1.54, 1.807) is 6.07 Å². The lowest BCUT2D eigenvalue weighted by Gasteiger charge is -2.05. The number of hydrogen-bond acceptors (Lipinski definition) is 1. The molecule has 0 radical (unpaired) electrons. The maximum absolute atomic E-state index is 11.9. The van der Waals surface area contributed by atoms with Gasteiger partial charge in [0.15, 0.2) is 0 Å². The minimum absolute atomic E-state index is 0.144. The van der Waals surface area contributed by atoms with E-state index in [9.17, 15) is 17.7 Å². The maximum atomic E-state index is 11.9. The lowest BCUT2D eigenvalue weighted by molar-refractivity contribution is -0.0412. The number of alkyl halides is 3. The summed E-state index contributed by atoms with van der Waals surface area (Å²) in [5.74, 6) is -4.59. The molecule has 0 amide bonds. The lowest BCUT2D eigenvalue weighted by Crippen LogP contribution is -2.08. The van der Waals surface area contributed by atoms with Crippen LogP contribution in [-0.2, 0) is 4.57 Å². The zero-order valence-electron chi connectivity index (χ0n) is 5.93. The van der Waals surface area contributed by atoms with Crippen molar-refractivity contribution in [1.29, 1.82) is 0 Å². The summed E-state index contributed by atoms with van der Waals surface area (Å²) in [6.07, 6.45) is 0. The van der Waals surface area contributed by atoms with Crippen molar-refractivity contribution in [2.75, 3.05) is 0 Å². The van der Waals surface area contributed by atoms with Crippen molar-refractivity contribution in [3.63, 3.8) is 0 Å². The maximum Gasteiger partial charge on any atom is 0.441 e. The molecule has 1 rings (SSSR count). The van der Waals surface area contributed by atoms with Gasteiger partial charge in [0.05, 0.1) is 0 Å². The third kappa shape index (κ3) is 2.11. The predicted molar refractivity (Wildman–Crippen MR) is 41.1 cm³/mol. The summed E-state index contributed by atoms with van der Waals surface area (Å²) in [7, 11) is -3.63. The van der Waals surface area contributed by atoms with E-state index in [1.807, 2.05) is 0 Å². The van der Waals surface area contributed by atoms with Crippen LogP contribution in [0.2, 0.25) is 0 Å².